The van der Waals surface area contributed by atoms with Crippen LogP contribution >= 0.6 is 34.7 Å². The fraction of sp³-hybridized carbons (Fsp3) is 0.231. The summed E-state index contributed by atoms with van der Waals surface area (Å²) in [5.74, 6) is -0.104. The Bertz CT molecular complexity index is 723. The third kappa shape index (κ3) is 4.81. The van der Waals surface area contributed by atoms with Gasteiger partial charge in [-0.05, 0) is 18.2 Å². The van der Waals surface area contributed by atoms with Crippen LogP contribution in [0.5, 0.6) is 5.75 Å². The average Bonchev–Trinajstić information content (AvgIpc) is 2.99. The molecule has 0 saturated heterocycles. The van der Waals surface area contributed by atoms with E-state index in [0.29, 0.717) is 25.8 Å². The molecule has 0 unspecified atom stereocenters. The Balaban J connectivity index is 1.99. The maximum absolute atomic E-state index is 12.1. The summed E-state index contributed by atoms with van der Waals surface area (Å²) in [6, 6.07) is 4.70. The zero-order chi connectivity index (χ0) is 16.8. The Labute approximate surface area is 145 Å². The number of benzene rings is 1. The summed E-state index contributed by atoms with van der Waals surface area (Å²) >= 11 is 8.34. The van der Waals surface area contributed by atoms with Gasteiger partial charge in [0.2, 0.25) is 5.13 Å². The van der Waals surface area contributed by atoms with Gasteiger partial charge in [-0.15, -0.1) is 10.2 Å². The summed E-state index contributed by atoms with van der Waals surface area (Å²) in [6.07, 6.45) is 0. The highest BCUT2D eigenvalue weighted by atomic mass is 35.5. The normalized spacial score (nSPS) is 10.2. The highest BCUT2D eigenvalue weighted by Crippen LogP contribution is 2.27. The van der Waals surface area contributed by atoms with E-state index >= 15 is 0 Å². The van der Waals surface area contributed by atoms with Crippen molar-refractivity contribution < 1.29 is 19.1 Å². The number of rotatable bonds is 6. The number of nitrogens with one attached hydrogen (secondary N) is 1. The van der Waals surface area contributed by atoms with Gasteiger partial charge in [0, 0.05) is 5.56 Å². The van der Waals surface area contributed by atoms with Gasteiger partial charge in [-0.1, -0.05) is 34.7 Å². The van der Waals surface area contributed by atoms with Crippen molar-refractivity contribution in [2.24, 2.45) is 0 Å². The van der Waals surface area contributed by atoms with E-state index in [4.69, 9.17) is 16.3 Å². The molecule has 2 rings (SSSR count). The lowest BCUT2D eigenvalue weighted by molar-refractivity contribution is -0.137. The lowest BCUT2D eigenvalue weighted by Gasteiger charge is -2.05. The van der Waals surface area contributed by atoms with E-state index < -0.39 is 0 Å². The third-order valence-corrected chi connectivity index (χ3v) is 4.82. The molecule has 0 saturated carbocycles. The van der Waals surface area contributed by atoms with Gasteiger partial charge in [-0.25, -0.2) is 0 Å². The first kappa shape index (κ1) is 17.5. The molecule has 2 aromatic rings. The van der Waals surface area contributed by atoms with Gasteiger partial charge in [0.15, 0.2) is 4.34 Å². The summed E-state index contributed by atoms with van der Waals surface area (Å²) in [5.41, 5.74) is 0.370. The Hall–Kier alpha value is -1.84. The molecule has 0 radical (unpaired) electrons. The number of methoxy groups -OCH3 is 2. The van der Waals surface area contributed by atoms with Crippen molar-refractivity contribution in [2.45, 2.75) is 4.34 Å². The number of ether oxygens (including phenoxy) is 2. The smallest absolute Gasteiger partial charge is 0.316 e. The van der Waals surface area contributed by atoms with Crippen LogP contribution in [0, 0.1) is 0 Å². The molecule has 10 heteroatoms. The Morgan fingerprint density at radius 3 is 2.78 bits per heavy atom. The minimum absolute atomic E-state index is 0.132. The first-order valence-electron chi connectivity index (χ1n) is 6.21. The van der Waals surface area contributed by atoms with E-state index in [1.807, 2.05) is 0 Å². The van der Waals surface area contributed by atoms with Crippen LogP contribution in [-0.4, -0.2) is 42.0 Å². The lowest BCUT2D eigenvalue weighted by Crippen LogP contribution is -2.11. The van der Waals surface area contributed by atoms with Crippen molar-refractivity contribution in [1.82, 2.24) is 10.2 Å². The molecule has 0 fully saturated rings. The van der Waals surface area contributed by atoms with Crippen LogP contribution in [0.4, 0.5) is 5.13 Å². The lowest BCUT2D eigenvalue weighted by atomic mass is 10.2. The van der Waals surface area contributed by atoms with E-state index in [1.165, 1.54) is 32.0 Å². The first-order valence-corrected chi connectivity index (χ1v) is 8.39. The molecule has 1 aromatic carbocycles. The van der Waals surface area contributed by atoms with Gasteiger partial charge in [-0.3, -0.25) is 14.9 Å². The molecule has 0 aliphatic carbocycles. The minimum Gasteiger partial charge on any atom is -0.495 e. The number of halogens is 1. The molecule has 7 nitrogen and oxygen atoms in total. The molecule has 0 aliphatic heterocycles. The number of hydrogen-bond acceptors (Lipinski definition) is 8. The molecule has 1 N–H and O–H groups in total. The maximum atomic E-state index is 12.1. The molecule has 1 aromatic heterocycles. The van der Waals surface area contributed by atoms with E-state index in [9.17, 15) is 9.59 Å². The molecular weight excluding hydrogens is 362 g/mol. The summed E-state index contributed by atoms with van der Waals surface area (Å²) in [6.45, 7) is 0. The van der Waals surface area contributed by atoms with Crippen molar-refractivity contribution in [2.75, 3.05) is 25.3 Å². The zero-order valence-corrected chi connectivity index (χ0v) is 14.5. The van der Waals surface area contributed by atoms with Crippen LogP contribution in [0.15, 0.2) is 22.5 Å². The van der Waals surface area contributed by atoms with Crippen LogP contribution in [0.3, 0.4) is 0 Å². The monoisotopic (exact) mass is 373 g/mol. The Morgan fingerprint density at radius 2 is 2.13 bits per heavy atom. The number of nitrogens with zero attached hydrogens (tertiary/aromatic N) is 2. The van der Waals surface area contributed by atoms with E-state index in [0.717, 1.165) is 11.3 Å². The number of amides is 1. The molecule has 1 heterocycles. The predicted octanol–water partition coefficient (Wildman–Crippen LogP) is 2.72. The molecule has 0 bridgehead atoms. The maximum Gasteiger partial charge on any atom is 0.316 e. The number of carbonyl (C=O) groups excluding carboxylic acids is 2. The SMILES string of the molecule is COC(=O)CSc1nnc(NC(=O)c2ccc(OC)c(Cl)c2)s1. The molecule has 122 valence electrons. The standard InChI is InChI=1S/C13H12ClN3O4S2/c1-20-9-4-3-7(5-8(9)14)11(19)15-12-16-17-13(23-12)22-6-10(18)21-2/h3-5H,6H2,1-2H3,(H,15,16,19). The van der Waals surface area contributed by atoms with E-state index in [-0.39, 0.29) is 17.6 Å². The Morgan fingerprint density at radius 1 is 1.35 bits per heavy atom. The largest absolute Gasteiger partial charge is 0.495 e. The fourth-order valence-corrected chi connectivity index (χ4v) is 3.31. The van der Waals surface area contributed by atoms with Gasteiger partial charge >= 0.3 is 5.97 Å². The zero-order valence-electron chi connectivity index (χ0n) is 12.2. The highest BCUT2D eigenvalue weighted by Gasteiger charge is 2.13. The highest BCUT2D eigenvalue weighted by molar-refractivity contribution is 8.01. The summed E-state index contributed by atoms with van der Waals surface area (Å²) in [5, 5.41) is 11.0. The molecule has 23 heavy (non-hydrogen) atoms. The molecular formula is C13H12ClN3O4S2. The second-order valence-electron chi connectivity index (χ2n) is 4.04. The van der Waals surface area contributed by atoms with Crippen LogP contribution in [0.25, 0.3) is 0 Å². The predicted molar refractivity (Wildman–Crippen MR) is 88.6 cm³/mol. The fourth-order valence-electron chi connectivity index (χ4n) is 1.48. The molecule has 1 amide bonds. The van der Waals surface area contributed by atoms with Gasteiger partial charge in [0.25, 0.3) is 5.91 Å². The van der Waals surface area contributed by atoms with Crippen LogP contribution in [-0.2, 0) is 9.53 Å². The number of carbonyl (C=O) groups is 2. The summed E-state index contributed by atoms with van der Waals surface area (Å²) in [4.78, 5) is 23.2. The van der Waals surface area contributed by atoms with Crippen LogP contribution in [0.2, 0.25) is 5.02 Å². The quantitative estimate of drug-likeness (QED) is 0.473. The first-order chi connectivity index (χ1) is 11.0. The number of hydrogen-bond donors (Lipinski definition) is 1. The number of esters is 1. The molecule has 0 spiro atoms. The van der Waals surface area contributed by atoms with Crippen molar-refractivity contribution >= 4 is 51.7 Å². The third-order valence-electron chi connectivity index (χ3n) is 2.58. The topological polar surface area (TPSA) is 90.4 Å². The van der Waals surface area contributed by atoms with Gasteiger partial charge < -0.3 is 9.47 Å². The minimum atomic E-state index is -0.366. The van der Waals surface area contributed by atoms with Crippen molar-refractivity contribution in [3.05, 3.63) is 28.8 Å². The number of anilines is 1. The van der Waals surface area contributed by atoms with Crippen molar-refractivity contribution in [1.29, 1.82) is 0 Å². The van der Waals surface area contributed by atoms with E-state index in [2.05, 4.69) is 20.3 Å². The number of thioether (sulfide) groups is 1. The molecule has 0 aliphatic rings. The number of aromatic nitrogens is 2. The summed E-state index contributed by atoms with van der Waals surface area (Å²) in [7, 11) is 2.81. The second kappa shape index (κ2) is 8.14. The van der Waals surface area contributed by atoms with Crippen molar-refractivity contribution in [3.63, 3.8) is 0 Å². The van der Waals surface area contributed by atoms with Gasteiger partial charge in [0.1, 0.15) is 5.75 Å². The summed E-state index contributed by atoms with van der Waals surface area (Å²) < 4.78 is 10.1. The van der Waals surface area contributed by atoms with Crippen molar-refractivity contribution in [3.8, 4) is 5.75 Å². The van der Waals surface area contributed by atoms with Crippen LogP contribution in [0.1, 0.15) is 10.4 Å². The average molecular weight is 374 g/mol. The second-order valence-corrected chi connectivity index (χ2v) is 6.65. The molecule has 0 atom stereocenters. The van der Waals surface area contributed by atoms with E-state index in [1.54, 1.807) is 12.1 Å². The Kier molecular flexibility index (Phi) is 6.20. The van der Waals surface area contributed by atoms with Crippen LogP contribution < -0.4 is 10.1 Å². The van der Waals surface area contributed by atoms with Gasteiger partial charge in [-0.2, -0.15) is 0 Å². The van der Waals surface area contributed by atoms with Gasteiger partial charge in [0.05, 0.1) is 25.0 Å².